The Morgan fingerprint density at radius 2 is 0.471 bits per heavy atom. The van der Waals surface area contributed by atoms with E-state index in [-0.39, 0.29) is 0 Å². The van der Waals surface area contributed by atoms with Gasteiger partial charge in [-0.25, -0.2) is 9.97 Å². The van der Waals surface area contributed by atoms with Crippen LogP contribution in [0.25, 0.3) is 188 Å². The highest BCUT2D eigenvalue weighted by Gasteiger charge is 2.21. The van der Waals surface area contributed by atoms with Crippen molar-refractivity contribution in [2.45, 2.75) is 0 Å². The van der Waals surface area contributed by atoms with E-state index in [0.717, 1.165) is 95.1 Å². The van der Waals surface area contributed by atoms with Gasteiger partial charge in [0.2, 0.25) is 0 Å². The molecule has 0 N–H and O–H groups in total. The van der Waals surface area contributed by atoms with Gasteiger partial charge in [0.15, 0.2) is 5.82 Å². The van der Waals surface area contributed by atoms with Crippen LogP contribution < -0.4 is 0 Å². The molecule has 0 aliphatic rings. The van der Waals surface area contributed by atoms with Crippen molar-refractivity contribution in [2.75, 3.05) is 0 Å². The van der Waals surface area contributed by atoms with Crippen molar-refractivity contribution < 1.29 is 0 Å². The minimum atomic E-state index is 0.578. The first-order valence-corrected chi connectivity index (χ1v) is 34.6. The zero-order chi connectivity index (χ0) is 67.4. The summed E-state index contributed by atoms with van der Waals surface area (Å²) in [5.41, 5.74) is 27.8. The first kappa shape index (κ1) is 58.2. The van der Waals surface area contributed by atoms with Gasteiger partial charge >= 0.3 is 0 Å². The first-order chi connectivity index (χ1) is 50.5. The third kappa shape index (κ3) is 9.65. The minimum absolute atomic E-state index is 0.578. The largest absolute Gasteiger partial charge is 0.309 e. The Balaban J connectivity index is 0.607. The van der Waals surface area contributed by atoms with E-state index in [9.17, 15) is 5.26 Å². The maximum absolute atomic E-state index is 9.77. The standard InChI is InChI=1S/C95H59N7/c96-60-61-33-35-64(36-34-61)95-97-85(71-19-15-17-65(53-71)62-37-45-75(46-38-62)101-89-31-13-9-27-79(89)83-57-69(43-51-93(83)101)67-41-49-91-81(55-67)77-25-7-11-29-87(77)99(91)73-21-3-1-4-22-73)59-86(98-95)72-20-16-18-66(54-72)63-39-47-76(48-40-63)102-90-32-14-10-28-80(90)84-58-70(44-52-94(84)102)68-42-50-92-82(56-68)78-26-8-12-30-88(78)100(92)74-23-5-2-6-24-74/h1-59H. The quantitative estimate of drug-likeness (QED) is 0.130. The molecule has 20 rings (SSSR count). The van der Waals surface area contributed by atoms with E-state index < -0.39 is 0 Å². The maximum Gasteiger partial charge on any atom is 0.160 e. The molecule has 0 aliphatic carbocycles. The summed E-state index contributed by atoms with van der Waals surface area (Å²) >= 11 is 0. The first-order valence-electron chi connectivity index (χ1n) is 34.6. The summed E-state index contributed by atoms with van der Waals surface area (Å²) in [6.45, 7) is 0. The van der Waals surface area contributed by atoms with Crippen LogP contribution in [-0.4, -0.2) is 28.2 Å². The minimum Gasteiger partial charge on any atom is -0.309 e. The van der Waals surface area contributed by atoms with Gasteiger partial charge in [-0.2, -0.15) is 5.26 Å². The van der Waals surface area contributed by atoms with Crippen molar-refractivity contribution in [3.63, 3.8) is 0 Å². The van der Waals surface area contributed by atoms with E-state index in [1.165, 1.54) is 87.4 Å². The number of hydrogen-bond acceptors (Lipinski definition) is 3. The Morgan fingerprint density at radius 3 is 0.814 bits per heavy atom. The molecule has 7 nitrogen and oxygen atoms in total. The fourth-order valence-electron chi connectivity index (χ4n) is 15.8. The van der Waals surface area contributed by atoms with Gasteiger partial charge < -0.3 is 18.3 Å². The van der Waals surface area contributed by atoms with Crippen LogP contribution in [0.5, 0.6) is 0 Å². The molecule has 5 aromatic heterocycles. The van der Waals surface area contributed by atoms with E-state index in [1.54, 1.807) is 0 Å². The van der Waals surface area contributed by atoms with Gasteiger partial charge in [-0.1, -0.05) is 194 Å². The normalized spacial score (nSPS) is 11.7. The Labute approximate surface area is 587 Å². The molecule has 474 valence electrons. The van der Waals surface area contributed by atoms with Crippen molar-refractivity contribution in [3.05, 3.63) is 363 Å². The van der Waals surface area contributed by atoms with E-state index >= 15 is 0 Å². The second kappa shape index (κ2) is 23.7. The summed E-state index contributed by atoms with van der Waals surface area (Å²) in [5, 5.41) is 19.5. The fourth-order valence-corrected chi connectivity index (χ4v) is 15.8. The molecule has 0 aliphatic heterocycles. The van der Waals surface area contributed by atoms with Crippen molar-refractivity contribution >= 4 is 87.2 Å². The van der Waals surface area contributed by atoms with Crippen molar-refractivity contribution in [3.8, 4) is 107 Å². The molecular weight excluding hydrogens is 1240 g/mol. The van der Waals surface area contributed by atoms with Gasteiger partial charge in [-0.3, -0.25) is 0 Å². The fraction of sp³-hybridized carbons (Fsp3) is 0. The average molecular weight is 1300 g/mol. The maximum atomic E-state index is 9.77. The van der Waals surface area contributed by atoms with Gasteiger partial charge in [0.1, 0.15) is 0 Å². The molecule has 0 saturated heterocycles. The molecule has 0 spiro atoms. The monoisotopic (exact) mass is 1300 g/mol. The number of benzene rings is 15. The van der Waals surface area contributed by atoms with Crippen LogP contribution in [0.15, 0.2) is 358 Å². The third-order valence-electron chi connectivity index (χ3n) is 20.6. The predicted molar refractivity (Wildman–Crippen MR) is 422 cm³/mol. The summed E-state index contributed by atoms with van der Waals surface area (Å²) in [6, 6.07) is 131. The Hall–Kier alpha value is -13.9. The molecule has 7 heteroatoms. The summed E-state index contributed by atoms with van der Waals surface area (Å²) in [6.07, 6.45) is 0. The number of aromatic nitrogens is 6. The average Bonchev–Trinajstić information content (AvgIpc) is 1.60. The second-order valence-corrected chi connectivity index (χ2v) is 26.4. The third-order valence-corrected chi connectivity index (χ3v) is 20.6. The SMILES string of the molecule is N#Cc1ccc(-c2nc(-c3cccc(-c4ccc(-n5c6ccccc6c6cc(-c7ccc8c(c7)c7ccccc7n8-c7ccccc7)ccc65)cc4)c3)cc(-c3cccc(-c4ccc(-n5c6ccccc6c6cc(-c7ccc8c(c7)c7ccccc7n8-c7ccccc7)ccc65)cc4)c3)n2)cc1. The van der Waals surface area contributed by atoms with Crippen LogP contribution in [0.4, 0.5) is 0 Å². The highest BCUT2D eigenvalue weighted by molar-refractivity contribution is 6.15. The van der Waals surface area contributed by atoms with Gasteiger partial charge in [-0.15, -0.1) is 0 Å². The van der Waals surface area contributed by atoms with Crippen molar-refractivity contribution in [1.82, 2.24) is 28.2 Å². The lowest BCUT2D eigenvalue weighted by Gasteiger charge is -2.13. The number of rotatable bonds is 11. The zero-order valence-electron chi connectivity index (χ0n) is 55.2. The lowest BCUT2D eigenvalue weighted by Crippen LogP contribution is -1.97. The lowest BCUT2D eigenvalue weighted by atomic mass is 9.98. The summed E-state index contributed by atoms with van der Waals surface area (Å²) in [5.74, 6) is 0.578. The van der Waals surface area contributed by atoms with Gasteiger partial charge in [-0.05, 0) is 208 Å². The van der Waals surface area contributed by atoms with E-state index in [4.69, 9.17) is 9.97 Å². The van der Waals surface area contributed by atoms with Crippen molar-refractivity contribution in [1.29, 1.82) is 5.26 Å². The summed E-state index contributed by atoms with van der Waals surface area (Å²) < 4.78 is 9.51. The number of fused-ring (bicyclic) bond motifs is 12. The molecule has 0 unspecified atom stereocenters. The number of nitriles is 1. The summed E-state index contributed by atoms with van der Waals surface area (Å²) in [4.78, 5) is 10.5. The Bertz CT molecular complexity index is 6400. The smallest absolute Gasteiger partial charge is 0.160 e. The van der Waals surface area contributed by atoms with E-state index in [2.05, 4.69) is 358 Å². The molecule has 0 amide bonds. The molecular formula is C95H59N7. The topological polar surface area (TPSA) is 69.3 Å². The molecule has 5 heterocycles. The number of nitrogens with zero attached hydrogens (tertiary/aromatic N) is 7. The van der Waals surface area contributed by atoms with Crippen LogP contribution in [0, 0.1) is 11.3 Å². The Morgan fingerprint density at radius 1 is 0.196 bits per heavy atom. The Kier molecular flexibility index (Phi) is 13.5. The van der Waals surface area contributed by atoms with Gasteiger partial charge in [0, 0.05) is 82.5 Å². The van der Waals surface area contributed by atoms with Crippen LogP contribution >= 0.6 is 0 Å². The number of para-hydroxylation sites is 6. The molecule has 15 aromatic carbocycles. The molecule has 102 heavy (non-hydrogen) atoms. The lowest BCUT2D eigenvalue weighted by molar-refractivity contribution is 1.18. The molecule has 0 fully saturated rings. The predicted octanol–water partition coefficient (Wildman–Crippen LogP) is 24.4. The van der Waals surface area contributed by atoms with Crippen LogP contribution in [0.2, 0.25) is 0 Å². The highest BCUT2D eigenvalue weighted by atomic mass is 15.0. The molecule has 0 bridgehead atoms. The second-order valence-electron chi connectivity index (χ2n) is 26.4. The van der Waals surface area contributed by atoms with E-state index in [0.29, 0.717) is 11.4 Å². The van der Waals surface area contributed by atoms with Crippen LogP contribution in [0.3, 0.4) is 0 Å². The van der Waals surface area contributed by atoms with Crippen LogP contribution in [-0.2, 0) is 0 Å². The molecule has 0 radical (unpaired) electrons. The molecule has 0 saturated carbocycles. The summed E-state index contributed by atoms with van der Waals surface area (Å²) in [7, 11) is 0. The number of hydrogen-bond donors (Lipinski definition) is 0. The van der Waals surface area contributed by atoms with E-state index in [1.807, 2.05) is 24.3 Å². The zero-order valence-corrected chi connectivity index (χ0v) is 55.2. The molecule has 20 aromatic rings. The van der Waals surface area contributed by atoms with Crippen LogP contribution in [0.1, 0.15) is 5.56 Å². The van der Waals surface area contributed by atoms with Gasteiger partial charge in [0.25, 0.3) is 0 Å². The van der Waals surface area contributed by atoms with Gasteiger partial charge in [0.05, 0.1) is 67.2 Å². The highest BCUT2D eigenvalue weighted by Crippen LogP contribution is 2.43. The molecule has 0 atom stereocenters. The van der Waals surface area contributed by atoms with Crippen molar-refractivity contribution in [2.24, 2.45) is 0 Å².